The number of hydrogen-bond acceptors (Lipinski definition) is 4. The van der Waals surface area contributed by atoms with E-state index in [0.717, 1.165) is 5.56 Å². The number of hydrogen-bond donors (Lipinski definition) is 1. The molecule has 0 unspecified atom stereocenters. The number of carbonyl (C=O) groups is 2. The maximum absolute atomic E-state index is 11.8. The lowest BCUT2D eigenvalue weighted by Gasteiger charge is -2.13. The molecule has 5 heteroatoms. The van der Waals surface area contributed by atoms with E-state index in [9.17, 15) is 9.59 Å². The number of nitrogens with zero attached hydrogens (tertiary/aromatic N) is 1. The summed E-state index contributed by atoms with van der Waals surface area (Å²) in [5.41, 5.74) is 3.95. The third-order valence-electron chi connectivity index (χ3n) is 3.05. The van der Waals surface area contributed by atoms with Gasteiger partial charge in [0.05, 0.1) is 18.9 Å². The Morgan fingerprint density at radius 2 is 1.90 bits per heavy atom. The monoisotopic (exact) mass is 290 g/mol. The van der Waals surface area contributed by atoms with Gasteiger partial charge in [-0.05, 0) is 25.8 Å². The maximum Gasteiger partial charge on any atom is 0.314 e. The largest absolute Gasteiger partial charge is 0.465 e. The number of amides is 1. The number of ether oxygens (including phenoxy) is 1. The Hall–Kier alpha value is -2.17. The van der Waals surface area contributed by atoms with Crippen LogP contribution in [0.3, 0.4) is 0 Å². The first kappa shape index (κ1) is 16.9. The third kappa shape index (κ3) is 5.77. The van der Waals surface area contributed by atoms with Gasteiger partial charge in [-0.15, -0.1) is 0 Å². The molecule has 5 nitrogen and oxygen atoms in total. The Morgan fingerprint density at radius 3 is 2.48 bits per heavy atom. The van der Waals surface area contributed by atoms with E-state index in [1.807, 2.05) is 37.3 Å². The summed E-state index contributed by atoms with van der Waals surface area (Å²) in [5.74, 6) is -0.931. The molecule has 1 N–H and O–H groups in total. The van der Waals surface area contributed by atoms with Crippen LogP contribution in [0.15, 0.2) is 35.4 Å². The summed E-state index contributed by atoms with van der Waals surface area (Å²) in [5, 5.41) is 4.01. The van der Waals surface area contributed by atoms with E-state index < -0.39 is 5.92 Å². The average molecular weight is 290 g/mol. The second-order valence-electron chi connectivity index (χ2n) is 4.66. The fourth-order valence-electron chi connectivity index (χ4n) is 1.92. The van der Waals surface area contributed by atoms with Crippen LogP contribution in [0.5, 0.6) is 0 Å². The van der Waals surface area contributed by atoms with Gasteiger partial charge in [0, 0.05) is 5.71 Å². The predicted octanol–water partition coefficient (Wildman–Crippen LogP) is 2.31. The zero-order chi connectivity index (χ0) is 15.7. The van der Waals surface area contributed by atoms with Crippen molar-refractivity contribution in [1.29, 1.82) is 0 Å². The van der Waals surface area contributed by atoms with Gasteiger partial charge in [-0.3, -0.25) is 9.59 Å². The van der Waals surface area contributed by atoms with Crippen LogP contribution >= 0.6 is 0 Å². The molecule has 0 fully saturated rings. The van der Waals surface area contributed by atoms with Gasteiger partial charge < -0.3 is 4.74 Å². The number of carbonyl (C=O) groups excluding carboxylic acids is 2. The van der Waals surface area contributed by atoms with Crippen molar-refractivity contribution < 1.29 is 14.3 Å². The molecule has 0 saturated heterocycles. The first-order valence-electron chi connectivity index (χ1n) is 7.12. The molecular weight excluding hydrogens is 268 g/mol. The Kier molecular flexibility index (Phi) is 7.15. The van der Waals surface area contributed by atoms with Crippen LogP contribution in [-0.4, -0.2) is 24.2 Å². The van der Waals surface area contributed by atoms with Gasteiger partial charge >= 0.3 is 5.97 Å². The van der Waals surface area contributed by atoms with E-state index in [1.54, 1.807) is 13.8 Å². The van der Waals surface area contributed by atoms with E-state index in [4.69, 9.17) is 4.74 Å². The summed E-state index contributed by atoms with van der Waals surface area (Å²) in [6.45, 7) is 5.70. The summed E-state index contributed by atoms with van der Waals surface area (Å²) in [6.07, 6.45) is 0.844. The Labute approximate surface area is 125 Å². The molecule has 21 heavy (non-hydrogen) atoms. The summed E-state index contributed by atoms with van der Waals surface area (Å²) in [6, 6.07) is 9.41. The van der Waals surface area contributed by atoms with Gasteiger partial charge in [0.25, 0.3) is 0 Å². The van der Waals surface area contributed by atoms with Crippen molar-refractivity contribution in [2.75, 3.05) is 6.61 Å². The van der Waals surface area contributed by atoms with Crippen molar-refractivity contribution in [3.8, 4) is 0 Å². The topological polar surface area (TPSA) is 67.8 Å². The highest BCUT2D eigenvalue weighted by molar-refractivity contribution is 6.01. The Bertz CT molecular complexity index is 498. The average Bonchev–Trinajstić information content (AvgIpc) is 2.47. The first-order valence-corrected chi connectivity index (χ1v) is 7.12. The molecule has 0 aliphatic heterocycles. The molecule has 0 aliphatic rings. The van der Waals surface area contributed by atoms with Crippen molar-refractivity contribution in [1.82, 2.24) is 5.43 Å². The molecule has 0 saturated carbocycles. The van der Waals surface area contributed by atoms with Crippen LogP contribution in [0.1, 0.15) is 32.8 Å². The lowest BCUT2D eigenvalue weighted by atomic mass is 10.0. The highest BCUT2D eigenvalue weighted by atomic mass is 16.5. The van der Waals surface area contributed by atoms with Crippen LogP contribution in [0, 0.1) is 5.92 Å². The van der Waals surface area contributed by atoms with Crippen LogP contribution in [-0.2, 0) is 20.7 Å². The SMILES string of the molecule is CCOC(=O)[C@H](CC)C(C)=NNC(=O)Cc1ccccc1. The standard InChI is InChI=1S/C16H22N2O3/c1-4-14(16(20)21-5-2)12(3)17-18-15(19)11-13-9-7-6-8-10-13/h6-10,14H,4-5,11H2,1-3H3,(H,18,19)/t14-/m1/s1. The molecule has 1 rings (SSSR count). The fraction of sp³-hybridized carbons (Fsp3) is 0.438. The predicted molar refractivity (Wildman–Crippen MR) is 81.8 cm³/mol. The minimum Gasteiger partial charge on any atom is -0.465 e. The quantitative estimate of drug-likeness (QED) is 0.476. The molecule has 1 amide bonds. The minimum atomic E-state index is -0.415. The van der Waals surface area contributed by atoms with E-state index in [2.05, 4.69) is 10.5 Å². The van der Waals surface area contributed by atoms with Gasteiger partial charge in [-0.25, -0.2) is 5.43 Å². The molecule has 0 bridgehead atoms. The molecule has 0 radical (unpaired) electrons. The molecule has 1 aromatic carbocycles. The Morgan fingerprint density at radius 1 is 1.24 bits per heavy atom. The first-order chi connectivity index (χ1) is 10.1. The Balaban J connectivity index is 2.57. The van der Waals surface area contributed by atoms with E-state index in [-0.39, 0.29) is 18.3 Å². The molecule has 1 aromatic rings. The lowest BCUT2D eigenvalue weighted by molar-refractivity contribution is -0.145. The molecule has 1 atom stereocenters. The molecule has 0 heterocycles. The number of esters is 1. The zero-order valence-electron chi connectivity index (χ0n) is 12.8. The highest BCUT2D eigenvalue weighted by Crippen LogP contribution is 2.08. The summed E-state index contributed by atoms with van der Waals surface area (Å²) >= 11 is 0. The number of nitrogens with one attached hydrogen (secondary N) is 1. The molecule has 114 valence electrons. The van der Waals surface area contributed by atoms with Crippen LogP contribution in [0.25, 0.3) is 0 Å². The summed E-state index contributed by atoms with van der Waals surface area (Å²) < 4.78 is 4.99. The zero-order valence-corrected chi connectivity index (χ0v) is 12.8. The number of benzene rings is 1. The second kappa shape index (κ2) is 8.89. The maximum atomic E-state index is 11.8. The van der Waals surface area contributed by atoms with Gasteiger partial charge in [0.2, 0.25) is 5.91 Å². The number of hydrazone groups is 1. The van der Waals surface area contributed by atoms with Crippen molar-refractivity contribution in [2.24, 2.45) is 11.0 Å². The summed E-state index contributed by atoms with van der Waals surface area (Å²) in [4.78, 5) is 23.5. The number of rotatable bonds is 7. The normalized spacial score (nSPS) is 12.6. The van der Waals surface area contributed by atoms with Crippen molar-refractivity contribution in [2.45, 2.75) is 33.6 Å². The smallest absolute Gasteiger partial charge is 0.314 e. The molecule has 0 aromatic heterocycles. The third-order valence-corrected chi connectivity index (χ3v) is 3.05. The van der Waals surface area contributed by atoms with Crippen molar-refractivity contribution in [3.05, 3.63) is 35.9 Å². The van der Waals surface area contributed by atoms with Gasteiger partial charge in [-0.1, -0.05) is 37.3 Å². The molecule has 0 aliphatic carbocycles. The van der Waals surface area contributed by atoms with E-state index >= 15 is 0 Å². The van der Waals surface area contributed by atoms with Crippen molar-refractivity contribution in [3.63, 3.8) is 0 Å². The van der Waals surface area contributed by atoms with Gasteiger partial charge in [-0.2, -0.15) is 5.10 Å². The van der Waals surface area contributed by atoms with E-state index in [1.165, 1.54) is 0 Å². The van der Waals surface area contributed by atoms with Crippen LogP contribution in [0.4, 0.5) is 0 Å². The minimum absolute atomic E-state index is 0.209. The molecular formula is C16H22N2O3. The van der Waals surface area contributed by atoms with Crippen LogP contribution in [0.2, 0.25) is 0 Å². The summed E-state index contributed by atoms with van der Waals surface area (Å²) in [7, 11) is 0. The molecule has 0 spiro atoms. The highest BCUT2D eigenvalue weighted by Gasteiger charge is 2.21. The second-order valence-corrected chi connectivity index (χ2v) is 4.66. The van der Waals surface area contributed by atoms with Gasteiger partial charge in [0.1, 0.15) is 0 Å². The van der Waals surface area contributed by atoms with Crippen LogP contribution < -0.4 is 5.43 Å². The van der Waals surface area contributed by atoms with Crippen molar-refractivity contribution >= 4 is 17.6 Å². The van der Waals surface area contributed by atoms with Gasteiger partial charge in [0.15, 0.2) is 0 Å². The van der Waals surface area contributed by atoms with E-state index in [0.29, 0.717) is 18.7 Å². The lowest BCUT2D eigenvalue weighted by Crippen LogP contribution is -2.28. The fourth-order valence-corrected chi connectivity index (χ4v) is 1.92.